The predicted octanol–water partition coefficient (Wildman–Crippen LogP) is 1.15. The molecule has 1 heterocycles. The lowest BCUT2D eigenvalue weighted by Crippen LogP contribution is -2.31. The highest BCUT2D eigenvalue weighted by Crippen LogP contribution is 2.22. The smallest absolute Gasteiger partial charge is 0.303 e. The molecular weight excluding hydrogens is 222 g/mol. The number of benzene rings is 1. The molecule has 0 unspecified atom stereocenters. The number of carbonyl (C=O) groups is 3. The number of carbonyl (C=O) groups excluding carboxylic acids is 2. The van der Waals surface area contributed by atoms with E-state index in [4.69, 9.17) is 10.6 Å². The van der Waals surface area contributed by atoms with Crippen molar-refractivity contribution in [3.05, 3.63) is 35.4 Å². The molecule has 5 nitrogen and oxygen atoms in total. The molecular formula is C12H11NO4. The Morgan fingerprint density at radius 2 is 1.76 bits per heavy atom. The molecule has 1 N–H and O–H groups in total. The summed E-state index contributed by atoms with van der Waals surface area (Å²) < 4.78 is 29.7. The van der Waals surface area contributed by atoms with Gasteiger partial charge in [-0.3, -0.25) is 19.3 Å². The van der Waals surface area contributed by atoms with Gasteiger partial charge in [-0.25, -0.2) is 0 Å². The van der Waals surface area contributed by atoms with Gasteiger partial charge >= 0.3 is 5.97 Å². The lowest BCUT2D eigenvalue weighted by molar-refractivity contribution is -0.137. The number of fused-ring (bicyclic) bond motifs is 1. The first-order valence-electron chi connectivity index (χ1n) is 6.78. The van der Waals surface area contributed by atoms with Crippen LogP contribution in [0.2, 0.25) is 0 Å². The molecule has 5 heteroatoms. The van der Waals surface area contributed by atoms with Gasteiger partial charge in [0, 0.05) is 18.4 Å². The zero-order valence-electron chi connectivity index (χ0n) is 12.6. The first-order valence-corrected chi connectivity index (χ1v) is 4.78. The summed E-state index contributed by atoms with van der Waals surface area (Å²) in [5, 5.41) is 8.75. The molecule has 1 aromatic carbocycles. The Morgan fingerprint density at radius 3 is 2.24 bits per heavy atom. The van der Waals surface area contributed by atoms with E-state index >= 15 is 0 Å². The fourth-order valence-electron chi connectivity index (χ4n) is 1.58. The summed E-state index contributed by atoms with van der Waals surface area (Å²) in [6.45, 7) is -0.974. The number of hydrogen-bond donors (Lipinski definition) is 1. The number of amides is 2. The van der Waals surface area contributed by atoms with Crippen molar-refractivity contribution in [2.45, 2.75) is 12.7 Å². The van der Waals surface area contributed by atoms with Gasteiger partial charge in [0.1, 0.15) is 0 Å². The molecule has 2 amide bonds. The van der Waals surface area contributed by atoms with Crippen LogP contribution in [0.15, 0.2) is 24.3 Å². The van der Waals surface area contributed by atoms with Crippen LogP contribution in [0.25, 0.3) is 0 Å². The third-order valence-electron chi connectivity index (χ3n) is 2.31. The van der Waals surface area contributed by atoms with E-state index in [1.807, 2.05) is 0 Å². The second kappa shape index (κ2) is 4.37. The van der Waals surface area contributed by atoms with Gasteiger partial charge < -0.3 is 5.11 Å². The molecule has 17 heavy (non-hydrogen) atoms. The molecule has 0 aliphatic carbocycles. The quantitative estimate of drug-likeness (QED) is 0.802. The highest BCUT2D eigenvalue weighted by Gasteiger charge is 2.34. The Morgan fingerprint density at radius 1 is 1.24 bits per heavy atom. The summed E-state index contributed by atoms with van der Waals surface area (Å²) in [4.78, 5) is 35.5. The summed E-state index contributed by atoms with van der Waals surface area (Å²) in [6.07, 6.45) is -6.16. The number of carboxylic acid groups (broad SMARTS) is 1. The van der Waals surface area contributed by atoms with Gasteiger partial charge in [0.05, 0.1) is 11.1 Å². The van der Waals surface area contributed by atoms with Crippen LogP contribution in [-0.2, 0) is 4.79 Å². The molecule has 0 fully saturated rings. The molecule has 1 aliphatic rings. The van der Waals surface area contributed by atoms with E-state index < -0.39 is 37.1 Å². The molecule has 1 aromatic rings. The fraction of sp³-hybridized carbons (Fsp3) is 0.250. The molecule has 0 radical (unpaired) electrons. The Hall–Kier alpha value is -2.17. The fourth-order valence-corrected chi connectivity index (χ4v) is 1.58. The Labute approximate surface area is 103 Å². The third kappa shape index (κ3) is 2.04. The summed E-state index contributed by atoms with van der Waals surface area (Å²) >= 11 is 0. The first kappa shape index (κ1) is 7.21. The average Bonchev–Trinajstić information content (AvgIpc) is 2.64. The van der Waals surface area contributed by atoms with Crippen LogP contribution in [0.5, 0.6) is 0 Å². The van der Waals surface area contributed by atoms with Crippen molar-refractivity contribution in [2.24, 2.45) is 0 Å². The SMILES string of the molecule is [3H]C([3H])(CN1C(=O)c2ccccc2C1=O)C([3H])([3H])C(=O)O. The van der Waals surface area contributed by atoms with Crippen molar-refractivity contribution < 1.29 is 25.0 Å². The minimum atomic E-state index is -3.23. The maximum atomic E-state index is 12.1. The predicted molar refractivity (Wildman–Crippen MR) is 58.7 cm³/mol. The highest BCUT2D eigenvalue weighted by molar-refractivity contribution is 6.21. The van der Waals surface area contributed by atoms with Gasteiger partial charge in [-0.1, -0.05) is 12.1 Å². The van der Waals surface area contributed by atoms with Gasteiger partial charge in [-0.2, -0.15) is 0 Å². The van der Waals surface area contributed by atoms with Gasteiger partial charge in [0.25, 0.3) is 11.8 Å². The van der Waals surface area contributed by atoms with Gasteiger partial charge in [0.2, 0.25) is 0 Å². The number of imide groups is 1. The molecule has 88 valence electrons. The maximum absolute atomic E-state index is 12.1. The molecule has 0 spiro atoms. The molecule has 0 saturated carbocycles. The van der Waals surface area contributed by atoms with Crippen LogP contribution in [0, 0.1) is 0 Å². The number of hydrogen-bond acceptors (Lipinski definition) is 3. The lowest BCUT2D eigenvalue weighted by Gasteiger charge is -2.12. The van der Waals surface area contributed by atoms with Crippen molar-refractivity contribution in [1.82, 2.24) is 4.90 Å². The largest absolute Gasteiger partial charge is 0.481 e. The van der Waals surface area contributed by atoms with Crippen LogP contribution in [-0.4, -0.2) is 34.3 Å². The number of carboxylic acids is 1. The van der Waals surface area contributed by atoms with E-state index in [0.29, 0.717) is 4.90 Å². The minimum absolute atomic E-state index is 0.0918. The van der Waals surface area contributed by atoms with Crippen molar-refractivity contribution in [1.29, 1.82) is 0 Å². The second-order valence-electron chi connectivity index (χ2n) is 3.35. The van der Waals surface area contributed by atoms with E-state index in [1.54, 1.807) is 12.1 Å². The number of aliphatic carboxylic acids is 1. The summed E-state index contributed by atoms with van der Waals surface area (Å²) in [5.74, 6) is -3.52. The number of nitrogens with zero attached hydrogens (tertiary/aromatic N) is 1. The Kier molecular flexibility index (Phi) is 1.85. The topological polar surface area (TPSA) is 74.7 Å². The van der Waals surface area contributed by atoms with E-state index in [0.717, 1.165) is 0 Å². The van der Waals surface area contributed by atoms with Crippen LogP contribution in [0.1, 0.15) is 38.9 Å². The van der Waals surface area contributed by atoms with E-state index in [9.17, 15) is 14.4 Å². The normalized spacial score (nSPS) is 19.2. The van der Waals surface area contributed by atoms with E-state index in [2.05, 4.69) is 0 Å². The number of rotatable bonds is 4. The maximum Gasteiger partial charge on any atom is 0.303 e. The summed E-state index contributed by atoms with van der Waals surface area (Å²) in [7, 11) is 0. The van der Waals surface area contributed by atoms with Crippen molar-refractivity contribution >= 4 is 17.8 Å². The monoisotopic (exact) mass is 241 g/mol. The molecule has 2 rings (SSSR count). The standard InChI is InChI=1S/C12H11NO4/c14-10(15)6-3-7-13-11(16)8-4-1-2-5-9(8)12(13)17/h1-2,4-5H,3,6-7H2,(H,14,15)/i3T2,6T2. The Balaban J connectivity index is 2.32. The zero-order valence-corrected chi connectivity index (χ0v) is 8.64. The summed E-state index contributed by atoms with van der Waals surface area (Å²) in [6, 6.07) is 5.88. The van der Waals surface area contributed by atoms with Crippen LogP contribution in [0.4, 0.5) is 0 Å². The van der Waals surface area contributed by atoms with E-state index in [1.165, 1.54) is 12.1 Å². The highest BCUT2D eigenvalue weighted by atomic mass is 16.4. The molecule has 1 aliphatic heterocycles. The Bertz CT molecular complexity index is 609. The summed E-state index contributed by atoms with van der Waals surface area (Å²) in [5.41, 5.74) is 0.184. The van der Waals surface area contributed by atoms with Gasteiger partial charge in [-0.15, -0.1) is 0 Å². The zero-order chi connectivity index (χ0) is 16.0. The molecule has 0 saturated heterocycles. The van der Waals surface area contributed by atoms with E-state index in [-0.39, 0.29) is 11.1 Å². The van der Waals surface area contributed by atoms with Crippen molar-refractivity contribution in [3.63, 3.8) is 0 Å². The van der Waals surface area contributed by atoms with Gasteiger partial charge in [-0.05, 0) is 18.5 Å². The second-order valence-corrected chi connectivity index (χ2v) is 3.35. The van der Waals surface area contributed by atoms with Crippen molar-refractivity contribution in [2.75, 3.05) is 6.54 Å². The molecule has 0 atom stereocenters. The average molecular weight is 241 g/mol. The van der Waals surface area contributed by atoms with Crippen LogP contribution >= 0.6 is 0 Å². The molecule has 0 bridgehead atoms. The first-order chi connectivity index (χ1) is 9.59. The van der Waals surface area contributed by atoms with Crippen LogP contribution in [0.3, 0.4) is 0 Å². The third-order valence-corrected chi connectivity index (χ3v) is 2.31. The van der Waals surface area contributed by atoms with Crippen molar-refractivity contribution in [3.8, 4) is 0 Å². The van der Waals surface area contributed by atoms with Crippen LogP contribution < -0.4 is 0 Å². The van der Waals surface area contributed by atoms with Gasteiger partial charge in [0.15, 0.2) is 0 Å². The minimum Gasteiger partial charge on any atom is -0.481 e. The molecule has 0 aromatic heterocycles. The lowest BCUT2D eigenvalue weighted by atomic mass is 10.1.